The van der Waals surface area contributed by atoms with E-state index in [2.05, 4.69) is 17.2 Å². The third kappa shape index (κ3) is 4.52. The summed E-state index contributed by atoms with van der Waals surface area (Å²) in [7, 11) is 0. The van der Waals surface area contributed by atoms with Gasteiger partial charge in [-0.15, -0.1) is 0 Å². The zero-order valence-electron chi connectivity index (χ0n) is 11.9. The van der Waals surface area contributed by atoms with Gasteiger partial charge in [0.1, 0.15) is 5.69 Å². The van der Waals surface area contributed by atoms with Gasteiger partial charge in [-0.3, -0.25) is 4.79 Å². The molecule has 0 saturated heterocycles. The zero-order valence-corrected chi connectivity index (χ0v) is 11.9. The minimum absolute atomic E-state index is 0.0411. The maximum Gasteiger partial charge on any atom is 0.272 e. The van der Waals surface area contributed by atoms with Crippen LogP contribution in [0.1, 0.15) is 37.7 Å². The number of aromatic nitrogens is 1. The Morgan fingerprint density at radius 2 is 2.21 bits per heavy atom. The molecule has 0 saturated carbocycles. The summed E-state index contributed by atoms with van der Waals surface area (Å²) in [4.78, 5) is 18.0. The summed E-state index contributed by atoms with van der Waals surface area (Å²) in [5, 5.41) is 12.2. The molecule has 1 aromatic rings. The van der Waals surface area contributed by atoms with Crippen molar-refractivity contribution in [1.29, 1.82) is 0 Å². The Morgan fingerprint density at radius 3 is 2.68 bits per heavy atom. The van der Waals surface area contributed by atoms with Crippen molar-refractivity contribution in [1.82, 2.24) is 9.88 Å². The Labute approximate surface area is 114 Å². The molecule has 19 heavy (non-hydrogen) atoms. The third-order valence-electron chi connectivity index (χ3n) is 2.79. The summed E-state index contributed by atoms with van der Waals surface area (Å²) in [6.07, 6.45) is 2.71. The molecule has 0 aliphatic carbocycles. The molecule has 0 fully saturated rings. The van der Waals surface area contributed by atoms with Crippen molar-refractivity contribution in [2.24, 2.45) is 0 Å². The van der Waals surface area contributed by atoms with E-state index < -0.39 is 0 Å². The minimum atomic E-state index is -0.147. The van der Waals surface area contributed by atoms with Gasteiger partial charge in [-0.05, 0) is 32.4 Å². The first-order valence-corrected chi connectivity index (χ1v) is 6.71. The highest BCUT2D eigenvalue weighted by Crippen LogP contribution is 2.10. The topological polar surface area (TPSA) is 65.5 Å². The predicted molar refractivity (Wildman–Crippen MR) is 76.3 cm³/mol. The molecular formula is C14H23N3O2. The first-order chi connectivity index (χ1) is 9.10. The predicted octanol–water partition coefficient (Wildman–Crippen LogP) is 1.75. The summed E-state index contributed by atoms with van der Waals surface area (Å²) < 4.78 is 0. The van der Waals surface area contributed by atoms with Crippen LogP contribution in [0.3, 0.4) is 0 Å². The number of pyridine rings is 1. The van der Waals surface area contributed by atoms with E-state index in [1.807, 2.05) is 19.9 Å². The van der Waals surface area contributed by atoms with Gasteiger partial charge < -0.3 is 15.3 Å². The Balaban J connectivity index is 2.75. The molecule has 0 bridgehead atoms. The van der Waals surface area contributed by atoms with Crippen LogP contribution in [0.5, 0.6) is 0 Å². The highest BCUT2D eigenvalue weighted by atomic mass is 16.3. The van der Waals surface area contributed by atoms with Crippen LogP contribution in [0.15, 0.2) is 18.3 Å². The largest absolute Gasteiger partial charge is 0.395 e. The molecule has 0 aromatic carbocycles. The summed E-state index contributed by atoms with van der Waals surface area (Å²) in [6, 6.07) is 3.61. The standard InChI is InChI=1S/C14H23N3O2/c1-4-7-15-12-5-6-13(16-10-12)14(19)17(8-9-18)11(2)3/h5-6,10-11,15,18H,4,7-9H2,1-3H3. The van der Waals surface area contributed by atoms with Crippen LogP contribution in [-0.2, 0) is 0 Å². The Morgan fingerprint density at radius 1 is 1.47 bits per heavy atom. The van der Waals surface area contributed by atoms with Crippen LogP contribution in [0.4, 0.5) is 5.69 Å². The molecule has 1 heterocycles. The van der Waals surface area contributed by atoms with Gasteiger partial charge in [-0.2, -0.15) is 0 Å². The molecule has 2 N–H and O–H groups in total. The van der Waals surface area contributed by atoms with Gasteiger partial charge in [0, 0.05) is 19.1 Å². The number of amides is 1. The van der Waals surface area contributed by atoms with E-state index in [0.717, 1.165) is 18.7 Å². The number of hydrogen-bond acceptors (Lipinski definition) is 4. The second-order valence-corrected chi connectivity index (χ2v) is 4.67. The van der Waals surface area contributed by atoms with E-state index in [1.54, 1.807) is 17.2 Å². The van der Waals surface area contributed by atoms with E-state index >= 15 is 0 Å². The highest BCUT2D eigenvalue weighted by molar-refractivity contribution is 5.92. The van der Waals surface area contributed by atoms with Crippen LogP contribution >= 0.6 is 0 Å². The number of carbonyl (C=O) groups is 1. The lowest BCUT2D eigenvalue weighted by Gasteiger charge is -2.25. The number of aliphatic hydroxyl groups excluding tert-OH is 1. The highest BCUT2D eigenvalue weighted by Gasteiger charge is 2.19. The monoisotopic (exact) mass is 265 g/mol. The molecular weight excluding hydrogens is 242 g/mol. The number of carbonyl (C=O) groups excluding carboxylic acids is 1. The van der Waals surface area contributed by atoms with E-state index in [9.17, 15) is 4.79 Å². The quantitative estimate of drug-likeness (QED) is 0.788. The van der Waals surface area contributed by atoms with Gasteiger partial charge in [-0.1, -0.05) is 6.92 Å². The molecule has 5 heteroatoms. The van der Waals surface area contributed by atoms with Crippen LogP contribution in [0.2, 0.25) is 0 Å². The number of rotatable bonds is 7. The molecule has 1 aromatic heterocycles. The average Bonchev–Trinajstić information content (AvgIpc) is 2.42. The van der Waals surface area contributed by atoms with E-state index in [1.165, 1.54) is 0 Å². The molecule has 106 valence electrons. The van der Waals surface area contributed by atoms with E-state index in [0.29, 0.717) is 12.2 Å². The summed E-state index contributed by atoms with van der Waals surface area (Å²) in [6.45, 7) is 7.11. The Bertz CT molecular complexity index is 390. The van der Waals surface area contributed by atoms with Crippen molar-refractivity contribution in [3.05, 3.63) is 24.0 Å². The van der Waals surface area contributed by atoms with Gasteiger partial charge >= 0.3 is 0 Å². The van der Waals surface area contributed by atoms with Gasteiger partial charge in [0.2, 0.25) is 0 Å². The maximum atomic E-state index is 12.2. The van der Waals surface area contributed by atoms with Crippen LogP contribution < -0.4 is 5.32 Å². The summed E-state index contributed by atoms with van der Waals surface area (Å²) in [5.41, 5.74) is 1.32. The number of aliphatic hydroxyl groups is 1. The van der Waals surface area contributed by atoms with Crippen LogP contribution in [-0.4, -0.2) is 46.6 Å². The normalized spacial score (nSPS) is 10.6. The average molecular weight is 265 g/mol. The summed E-state index contributed by atoms with van der Waals surface area (Å²) >= 11 is 0. The lowest BCUT2D eigenvalue weighted by molar-refractivity contribution is 0.0659. The molecule has 1 amide bonds. The zero-order chi connectivity index (χ0) is 14.3. The van der Waals surface area contributed by atoms with Gasteiger partial charge in [0.25, 0.3) is 5.91 Å². The fraction of sp³-hybridized carbons (Fsp3) is 0.571. The van der Waals surface area contributed by atoms with Crippen LogP contribution in [0, 0.1) is 0 Å². The number of nitrogens with zero attached hydrogens (tertiary/aromatic N) is 2. The first kappa shape index (κ1) is 15.4. The molecule has 1 rings (SSSR count). The van der Waals surface area contributed by atoms with Crippen LogP contribution in [0.25, 0.3) is 0 Å². The smallest absolute Gasteiger partial charge is 0.272 e. The Hall–Kier alpha value is -1.62. The number of nitrogens with one attached hydrogen (secondary N) is 1. The van der Waals surface area contributed by atoms with Crippen molar-refractivity contribution in [2.75, 3.05) is 25.0 Å². The van der Waals surface area contributed by atoms with Crippen molar-refractivity contribution in [3.63, 3.8) is 0 Å². The SMILES string of the molecule is CCCNc1ccc(C(=O)N(CCO)C(C)C)nc1. The molecule has 0 aliphatic heterocycles. The fourth-order valence-corrected chi connectivity index (χ4v) is 1.74. The molecule has 0 unspecified atom stereocenters. The first-order valence-electron chi connectivity index (χ1n) is 6.71. The Kier molecular flexibility index (Phi) is 6.29. The van der Waals surface area contributed by atoms with Crippen molar-refractivity contribution in [2.45, 2.75) is 33.2 Å². The van der Waals surface area contributed by atoms with Gasteiger partial charge in [-0.25, -0.2) is 4.98 Å². The van der Waals surface area contributed by atoms with E-state index in [4.69, 9.17) is 5.11 Å². The van der Waals surface area contributed by atoms with Gasteiger partial charge in [0.05, 0.1) is 18.5 Å². The maximum absolute atomic E-state index is 12.2. The molecule has 0 spiro atoms. The van der Waals surface area contributed by atoms with Crippen molar-refractivity contribution >= 4 is 11.6 Å². The molecule has 0 atom stereocenters. The third-order valence-corrected chi connectivity index (χ3v) is 2.79. The second kappa shape index (κ2) is 7.74. The molecule has 5 nitrogen and oxygen atoms in total. The minimum Gasteiger partial charge on any atom is -0.395 e. The second-order valence-electron chi connectivity index (χ2n) is 4.67. The lowest BCUT2D eigenvalue weighted by Crippen LogP contribution is -2.39. The van der Waals surface area contributed by atoms with Gasteiger partial charge in [0.15, 0.2) is 0 Å². The van der Waals surface area contributed by atoms with Crippen molar-refractivity contribution < 1.29 is 9.90 Å². The fourth-order valence-electron chi connectivity index (χ4n) is 1.74. The number of anilines is 1. The molecule has 0 radical (unpaired) electrons. The van der Waals surface area contributed by atoms with E-state index in [-0.39, 0.29) is 18.6 Å². The van der Waals surface area contributed by atoms with Crippen molar-refractivity contribution in [3.8, 4) is 0 Å². The lowest BCUT2D eigenvalue weighted by atomic mass is 10.2. The summed E-state index contributed by atoms with van der Waals surface area (Å²) in [5.74, 6) is -0.147. The number of hydrogen-bond donors (Lipinski definition) is 2. The molecule has 0 aliphatic rings.